The number of halogens is 3. The van der Waals surface area contributed by atoms with E-state index in [1.807, 2.05) is 19.1 Å². The van der Waals surface area contributed by atoms with Crippen molar-refractivity contribution in [1.82, 2.24) is 29.5 Å². The molecule has 1 atom stereocenters. The molecule has 0 aromatic carbocycles. The predicted molar refractivity (Wildman–Crippen MR) is 112 cm³/mol. The fraction of sp³-hybridized carbons (Fsp3) is 0.364. The molecule has 5 rings (SSSR count). The van der Waals surface area contributed by atoms with Crippen molar-refractivity contribution in [1.29, 1.82) is 0 Å². The number of aromatic amines is 1. The van der Waals surface area contributed by atoms with Crippen LogP contribution in [-0.2, 0) is 18.2 Å². The maximum atomic E-state index is 13.8. The topological polar surface area (TPSA) is 113 Å². The van der Waals surface area contributed by atoms with Crippen LogP contribution in [0.2, 0.25) is 0 Å². The Hall–Kier alpha value is -3.67. The first-order valence-corrected chi connectivity index (χ1v) is 10.5. The van der Waals surface area contributed by atoms with E-state index in [0.717, 1.165) is 16.8 Å². The normalized spacial score (nSPS) is 16.8. The zero-order valence-corrected chi connectivity index (χ0v) is 18.5. The average molecular weight is 474 g/mol. The summed E-state index contributed by atoms with van der Waals surface area (Å²) < 4.78 is 48.2. The lowest BCUT2D eigenvalue weighted by atomic mass is 9.99. The van der Waals surface area contributed by atoms with Crippen LogP contribution in [0.15, 0.2) is 35.1 Å². The van der Waals surface area contributed by atoms with E-state index >= 15 is 0 Å². The molecule has 178 valence electrons. The highest BCUT2D eigenvalue weighted by atomic mass is 19.4. The smallest absolute Gasteiger partial charge is 0.432 e. The van der Waals surface area contributed by atoms with Gasteiger partial charge in [-0.1, -0.05) is 6.07 Å². The van der Waals surface area contributed by atoms with Gasteiger partial charge in [0.25, 0.3) is 5.91 Å². The summed E-state index contributed by atoms with van der Waals surface area (Å²) in [6, 6.07) is 4.67. The molecule has 0 saturated heterocycles. The number of nitrogens with one attached hydrogen (secondary N) is 1. The molecule has 9 nitrogen and oxygen atoms in total. The Bertz CT molecular complexity index is 1400. The molecular weight excluding hydrogens is 453 g/mol. The van der Waals surface area contributed by atoms with Gasteiger partial charge < -0.3 is 19.4 Å². The highest BCUT2D eigenvalue weighted by Gasteiger charge is 2.46. The first kappa shape index (κ1) is 22.1. The standard InChI is InChI=1S/C22H21F3N6O3/c1-11-5-4-7-31-14(11)9-13(29-31)16-15-12(26-10-27-15)6-8-30(16)19(32)17-18(22(23,24)25)28-20(34-17)21(2,3)33/h4-5,7,9-10,16,33H,6,8H2,1-3H3,(H,26,27)/t16-/m1/s1. The van der Waals surface area contributed by atoms with Crippen LogP contribution in [0.5, 0.6) is 0 Å². The van der Waals surface area contributed by atoms with Gasteiger partial charge in [0, 0.05) is 24.9 Å². The highest BCUT2D eigenvalue weighted by Crippen LogP contribution is 2.38. The van der Waals surface area contributed by atoms with E-state index < -0.39 is 41.1 Å². The summed E-state index contributed by atoms with van der Waals surface area (Å²) in [5.41, 5.74) is 0.173. The second kappa shape index (κ2) is 7.42. The number of oxazole rings is 1. The number of alkyl halides is 3. The second-order valence-corrected chi connectivity index (χ2v) is 8.76. The first-order chi connectivity index (χ1) is 15.9. The number of H-pyrrole nitrogens is 1. The third-order valence-corrected chi connectivity index (χ3v) is 5.81. The van der Waals surface area contributed by atoms with E-state index in [-0.39, 0.29) is 6.54 Å². The largest absolute Gasteiger partial charge is 0.437 e. The molecule has 0 spiro atoms. The SMILES string of the molecule is Cc1cccn2nc([C@@H]3c4nc[nH]c4CCN3C(=O)c3oc(C(C)(C)O)nc3C(F)(F)F)cc12. The van der Waals surface area contributed by atoms with Crippen LogP contribution in [-0.4, -0.2) is 47.0 Å². The number of aromatic nitrogens is 5. The molecule has 1 aliphatic heterocycles. The Morgan fingerprint density at radius 3 is 2.76 bits per heavy atom. The molecular formula is C22H21F3N6O3. The summed E-state index contributed by atoms with van der Waals surface area (Å²) >= 11 is 0. The minimum absolute atomic E-state index is 0.0986. The summed E-state index contributed by atoms with van der Waals surface area (Å²) in [4.78, 5) is 25.6. The number of imidazole rings is 1. The van der Waals surface area contributed by atoms with Gasteiger partial charge in [0.1, 0.15) is 11.6 Å². The molecule has 0 fully saturated rings. The Labute approximate surface area is 191 Å². The number of hydrogen-bond donors (Lipinski definition) is 2. The predicted octanol–water partition coefficient (Wildman–Crippen LogP) is 3.39. The molecule has 34 heavy (non-hydrogen) atoms. The van der Waals surface area contributed by atoms with Crippen LogP contribution in [0, 0.1) is 6.92 Å². The Morgan fingerprint density at radius 2 is 2.09 bits per heavy atom. The summed E-state index contributed by atoms with van der Waals surface area (Å²) in [5, 5.41) is 14.7. The van der Waals surface area contributed by atoms with E-state index in [4.69, 9.17) is 4.42 Å². The van der Waals surface area contributed by atoms with Crippen LogP contribution >= 0.6 is 0 Å². The molecule has 2 N–H and O–H groups in total. The minimum atomic E-state index is -4.96. The number of amides is 1. The molecule has 1 amide bonds. The summed E-state index contributed by atoms with van der Waals surface area (Å²) in [6.45, 7) is 4.46. The third kappa shape index (κ3) is 3.54. The Morgan fingerprint density at radius 1 is 1.32 bits per heavy atom. The van der Waals surface area contributed by atoms with Crippen LogP contribution in [0.1, 0.15) is 64.7 Å². The fourth-order valence-electron chi connectivity index (χ4n) is 4.15. The van der Waals surface area contributed by atoms with E-state index in [2.05, 4.69) is 20.1 Å². The lowest BCUT2D eigenvalue weighted by molar-refractivity contribution is -0.141. The van der Waals surface area contributed by atoms with Crippen molar-refractivity contribution in [3.05, 3.63) is 70.7 Å². The van der Waals surface area contributed by atoms with Crippen LogP contribution in [0.3, 0.4) is 0 Å². The quantitative estimate of drug-likeness (QED) is 0.471. The zero-order chi connectivity index (χ0) is 24.4. The van der Waals surface area contributed by atoms with Gasteiger partial charge in [-0.25, -0.2) is 14.5 Å². The second-order valence-electron chi connectivity index (χ2n) is 8.76. The summed E-state index contributed by atoms with van der Waals surface area (Å²) in [7, 11) is 0. The molecule has 12 heteroatoms. The van der Waals surface area contributed by atoms with Crippen LogP contribution in [0.25, 0.3) is 5.52 Å². The molecule has 0 unspecified atom stereocenters. The molecule has 4 aromatic heterocycles. The molecule has 1 aliphatic rings. The monoisotopic (exact) mass is 474 g/mol. The van der Waals surface area contributed by atoms with E-state index in [1.54, 1.807) is 16.8 Å². The Kier molecular flexibility index (Phi) is 4.83. The van der Waals surface area contributed by atoms with Crippen LogP contribution in [0.4, 0.5) is 13.2 Å². The zero-order valence-electron chi connectivity index (χ0n) is 18.5. The Balaban J connectivity index is 1.65. The van der Waals surface area contributed by atoms with Gasteiger partial charge in [0.2, 0.25) is 11.7 Å². The summed E-state index contributed by atoms with van der Waals surface area (Å²) in [6.07, 6.45) is -1.37. The van der Waals surface area contributed by atoms with Crippen molar-refractivity contribution < 1.29 is 27.5 Å². The van der Waals surface area contributed by atoms with Crippen molar-refractivity contribution in [3.63, 3.8) is 0 Å². The van der Waals surface area contributed by atoms with Crippen molar-refractivity contribution in [2.75, 3.05) is 6.54 Å². The molecule has 5 heterocycles. The van der Waals surface area contributed by atoms with Gasteiger partial charge in [0.15, 0.2) is 5.69 Å². The van der Waals surface area contributed by atoms with Gasteiger partial charge in [0.05, 0.1) is 23.2 Å². The first-order valence-electron chi connectivity index (χ1n) is 10.5. The molecule has 0 saturated carbocycles. The number of rotatable bonds is 3. The van der Waals surface area contributed by atoms with E-state index in [9.17, 15) is 23.1 Å². The number of carbonyl (C=O) groups excluding carboxylic acids is 1. The van der Waals surface area contributed by atoms with Crippen LogP contribution < -0.4 is 0 Å². The summed E-state index contributed by atoms with van der Waals surface area (Å²) in [5.74, 6) is -2.59. The maximum Gasteiger partial charge on any atom is 0.437 e. The number of aryl methyl sites for hydroxylation is 1. The van der Waals surface area contributed by atoms with Crippen molar-refractivity contribution in [2.45, 2.75) is 45.0 Å². The van der Waals surface area contributed by atoms with Gasteiger partial charge in [-0.15, -0.1) is 0 Å². The van der Waals surface area contributed by atoms with Gasteiger partial charge in [-0.05, 0) is 38.5 Å². The van der Waals surface area contributed by atoms with Crippen molar-refractivity contribution in [3.8, 4) is 0 Å². The van der Waals surface area contributed by atoms with E-state index in [1.165, 1.54) is 25.1 Å². The third-order valence-electron chi connectivity index (χ3n) is 5.81. The van der Waals surface area contributed by atoms with Crippen molar-refractivity contribution >= 4 is 11.4 Å². The van der Waals surface area contributed by atoms with E-state index in [0.29, 0.717) is 17.8 Å². The number of carbonyl (C=O) groups is 1. The number of pyridine rings is 1. The molecule has 0 aliphatic carbocycles. The number of hydrogen-bond acceptors (Lipinski definition) is 6. The van der Waals surface area contributed by atoms with Gasteiger partial charge >= 0.3 is 6.18 Å². The lowest BCUT2D eigenvalue weighted by Gasteiger charge is -2.33. The van der Waals surface area contributed by atoms with Gasteiger partial charge in [-0.2, -0.15) is 18.3 Å². The van der Waals surface area contributed by atoms with Gasteiger partial charge in [-0.3, -0.25) is 4.79 Å². The minimum Gasteiger partial charge on any atom is -0.432 e. The molecule has 0 bridgehead atoms. The number of nitrogens with zero attached hydrogens (tertiary/aromatic N) is 5. The molecule has 4 aromatic rings. The average Bonchev–Trinajstić information content (AvgIpc) is 3.48. The molecule has 0 radical (unpaired) electrons. The lowest BCUT2D eigenvalue weighted by Crippen LogP contribution is -2.41. The van der Waals surface area contributed by atoms with Crippen molar-refractivity contribution in [2.24, 2.45) is 0 Å². The highest BCUT2D eigenvalue weighted by molar-refractivity contribution is 5.93. The fourth-order valence-corrected chi connectivity index (χ4v) is 4.15. The maximum absolute atomic E-state index is 13.8. The number of aliphatic hydroxyl groups is 1. The number of fused-ring (bicyclic) bond motifs is 2.